The van der Waals surface area contributed by atoms with E-state index >= 15 is 0 Å². The summed E-state index contributed by atoms with van der Waals surface area (Å²) in [6.45, 7) is 4.95. The highest BCUT2D eigenvalue weighted by Crippen LogP contribution is 2.25. The Morgan fingerprint density at radius 2 is 1.74 bits per heavy atom. The lowest BCUT2D eigenvalue weighted by Gasteiger charge is -2.15. The fourth-order valence-corrected chi connectivity index (χ4v) is 4.15. The van der Waals surface area contributed by atoms with Crippen molar-refractivity contribution < 1.29 is 26.4 Å². The van der Waals surface area contributed by atoms with Gasteiger partial charge in [0.2, 0.25) is 0 Å². The second kappa shape index (κ2) is 8.42. The molecule has 0 unspecified atom stereocenters. The van der Waals surface area contributed by atoms with Crippen LogP contribution in [0.1, 0.15) is 30.2 Å². The van der Waals surface area contributed by atoms with Gasteiger partial charge in [0.1, 0.15) is 33.9 Å². The summed E-state index contributed by atoms with van der Waals surface area (Å²) < 4.78 is 69.9. The van der Waals surface area contributed by atoms with Gasteiger partial charge in [0.25, 0.3) is 15.9 Å². The Morgan fingerprint density at radius 3 is 2.35 bits per heavy atom. The van der Waals surface area contributed by atoms with Gasteiger partial charge in [0, 0.05) is 18.3 Å². The molecule has 0 radical (unpaired) electrons. The van der Waals surface area contributed by atoms with Crippen molar-refractivity contribution >= 4 is 21.6 Å². The van der Waals surface area contributed by atoms with E-state index in [1.165, 1.54) is 23.6 Å². The topological polar surface area (TPSA) is 93.1 Å². The Hall–Kier alpha value is -3.34. The fourth-order valence-electron chi connectivity index (χ4n) is 2.95. The third-order valence-corrected chi connectivity index (χ3v) is 5.55. The van der Waals surface area contributed by atoms with Crippen LogP contribution in [0.5, 0.6) is 0 Å². The van der Waals surface area contributed by atoms with Crippen molar-refractivity contribution in [2.24, 2.45) is 0 Å². The third kappa shape index (κ3) is 4.88. The van der Waals surface area contributed by atoms with Crippen molar-refractivity contribution in [2.75, 3.05) is 5.32 Å². The van der Waals surface area contributed by atoms with Crippen molar-refractivity contribution in [1.82, 2.24) is 14.3 Å². The highest BCUT2D eigenvalue weighted by molar-refractivity contribution is 7.90. The number of hydrogen-bond donors (Lipinski definition) is 2. The van der Waals surface area contributed by atoms with E-state index in [9.17, 15) is 26.4 Å². The van der Waals surface area contributed by atoms with E-state index in [0.29, 0.717) is 6.07 Å². The molecule has 2 N–H and O–H groups in total. The molecule has 0 fully saturated rings. The molecule has 0 saturated carbocycles. The maximum atomic E-state index is 14.4. The van der Waals surface area contributed by atoms with E-state index < -0.39 is 38.3 Å². The molecule has 0 atom stereocenters. The normalized spacial score (nSPS) is 11.6. The van der Waals surface area contributed by atoms with Crippen LogP contribution in [0.25, 0.3) is 5.69 Å². The number of halogens is 3. The maximum absolute atomic E-state index is 14.4. The lowest BCUT2D eigenvalue weighted by Crippen LogP contribution is -2.32. The lowest BCUT2D eigenvalue weighted by atomic mass is 10.3. The number of carbonyl (C=O) groups excluding carboxylic acids is 1. The van der Waals surface area contributed by atoms with Gasteiger partial charge in [0.05, 0.1) is 11.4 Å². The number of aromatic nitrogens is 2. The van der Waals surface area contributed by atoms with Crippen LogP contribution in [0.2, 0.25) is 0 Å². The van der Waals surface area contributed by atoms with E-state index in [0.717, 1.165) is 24.4 Å². The second-order valence-corrected chi connectivity index (χ2v) is 8.64. The first-order valence-corrected chi connectivity index (χ1v) is 10.6. The predicted octanol–water partition coefficient (Wildman–Crippen LogP) is 3.54. The Bertz CT molecular complexity index is 1240. The molecular formula is C20H19F3N4O3S. The average Bonchev–Trinajstić information content (AvgIpc) is 3.02. The zero-order chi connectivity index (χ0) is 22.9. The van der Waals surface area contributed by atoms with Crippen LogP contribution < -0.4 is 10.0 Å². The van der Waals surface area contributed by atoms with Crippen LogP contribution in [0.15, 0.2) is 47.5 Å². The molecule has 0 saturated heterocycles. The number of rotatable bonds is 6. The minimum Gasteiger partial charge on any atom is -0.382 e. The van der Waals surface area contributed by atoms with Gasteiger partial charge in [-0.2, -0.15) is 0 Å². The highest BCUT2D eigenvalue weighted by atomic mass is 32.2. The summed E-state index contributed by atoms with van der Waals surface area (Å²) in [6, 6.07) is 6.22. The highest BCUT2D eigenvalue weighted by Gasteiger charge is 2.27. The predicted molar refractivity (Wildman–Crippen MR) is 108 cm³/mol. The zero-order valence-corrected chi connectivity index (χ0v) is 17.6. The summed E-state index contributed by atoms with van der Waals surface area (Å²) in [4.78, 5) is 15.8. The third-order valence-electron chi connectivity index (χ3n) is 4.15. The maximum Gasteiger partial charge on any atom is 0.285 e. The number of aryl methyl sites for hydroxylation is 1. The molecule has 0 aliphatic heterocycles. The van der Waals surface area contributed by atoms with Gasteiger partial charge in [-0.05, 0) is 45.0 Å². The average molecular weight is 452 g/mol. The summed E-state index contributed by atoms with van der Waals surface area (Å²) in [5.41, 5.74) is -0.283. The SMILES string of the molecule is Cc1nc(C(=O)NS(=O)(=O)c2c(F)cccc2NC(C)C)cn1-c1cc(F)cc(F)c1. The van der Waals surface area contributed by atoms with Crippen LogP contribution in [0.4, 0.5) is 18.9 Å². The molecule has 31 heavy (non-hydrogen) atoms. The van der Waals surface area contributed by atoms with Gasteiger partial charge in [-0.1, -0.05) is 6.07 Å². The van der Waals surface area contributed by atoms with Gasteiger partial charge in [0.15, 0.2) is 0 Å². The first kappa shape index (κ1) is 22.3. The monoisotopic (exact) mass is 452 g/mol. The molecule has 0 aliphatic carbocycles. The van der Waals surface area contributed by atoms with Crippen LogP contribution in [0, 0.1) is 24.4 Å². The quantitative estimate of drug-likeness (QED) is 0.597. The standard InChI is InChI=1S/C20H19F3N4O3S/c1-11(2)24-17-6-4-5-16(23)19(17)31(29,30)26-20(28)18-10-27(12(3)25-18)15-8-13(21)7-14(22)9-15/h4-11,24H,1-3H3,(H,26,28). The van der Waals surface area contributed by atoms with E-state index in [2.05, 4.69) is 10.3 Å². The minimum absolute atomic E-state index is 0.00718. The molecule has 1 aromatic heterocycles. The molecule has 3 aromatic rings. The van der Waals surface area contributed by atoms with Crippen LogP contribution >= 0.6 is 0 Å². The zero-order valence-electron chi connectivity index (χ0n) is 16.8. The molecule has 7 nitrogen and oxygen atoms in total. The Balaban J connectivity index is 1.94. The molecule has 164 valence electrons. The van der Waals surface area contributed by atoms with Crippen molar-refractivity contribution in [1.29, 1.82) is 0 Å². The van der Waals surface area contributed by atoms with Crippen molar-refractivity contribution in [3.05, 3.63) is 71.6 Å². The first-order valence-electron chi connectivity index (χ1n) is 9.12. The van der Waals surface area contributed by atoms with Gasteiger partial charge in [-0.3, -0.25) is 4.79 Å². The summed E-state index contributed by atoms with van der Waals surface area (Å²) >= 11 is 0. The van der Waals surface area contributed by atoms with Crippen LogP contribution in [-0.2, 0) is 10.0 Å². The second-order valence-electron chi connectivity index (χ2n) is 7.02. The van der Waals surface area contributed by atoms with Gasteiger partial charge in [-0.25, -0.2) is 31.3 Å². The Kier molecular flexibility index (Phi) is 6.07. The number of nitrogens with one attached hydrogen (secondary N) is 2. The van der Waals surface area contributed by atoms with E-state index in [1.54, 1.807) is 18.6 Å². The van der Waals surface area contributed by atoms with E-state index in [4.69, 9.17) is 0 Å². The molecule has 11 heteroatoms. The van der Waals surface area contributed by atoms with Crippen molar-refractivity contribution in [3.63, 3.8) is 0 Å². The lowest BCUT2D eigenvalue weighted by molar-refractivity contribution is 0.0977. The molecule has 2 aromatic carbocycles. The molecule has 1 heterocycles. The van der Waals surface area contributed by atoms with Crippen molar-refractivity contribution in [3.8, 4) is 5.69 Å². The Morgan fingerprint density at radius 1 is 1.10 bits per heavy atom. The number of carbonyl (C=O) groups is 1. The number of benzene rings is 2. The minimum atomic E-state index is -4.60. The number of anilines is 1. The number of nitrogens with zero attached hydrogens (tertiary/aromatic N) is 2. The molecule has 0 spiro atoms. The van der Waals surface area contributed by atoms with Gasteiger partial charge >= 0.3 is 0 Å². The van der Waals surface area contributed by atoms with E-state index in [1.807, 2.05) is 0 Å². The van der Waals surface area contributed by atoms with E-state index in [-0.39, 0.29) is 28.9 Å². The van der Waals surface area contributed by atoms with Crippen molar-refractivity contribution in [2.45, 2.75) is 31.7 Å². The fraction of sp³-hybridized carbons (Fsp3) is 0.200. The van der Waals surface area contributed by atoms with Crippen LogP contribution in [-0.4, -0.2) is 29.9 Å². The number of imidazole rings is 1. The molecule has 0 aliphatic rings. The Labute approximate surface area is 177 Å². The molecule has 3 rings (SSSR count). The molecule has 1 amide bonds. The number of hydrogen-bond acceptors (Lipinski definition) is 5. The molecule has 0 bridgehead atoms. The summed E-state index contributed by atoms with van der Waals surface area (Å²) in [5, 5.41) is 2.82. The van der Waals surface area contributed by atoms with Crippen LogP contribution in [0.3, 0.4) is 0 Å². The smallest absolute Gasteiger partial charge is 0.285 e. The largest absolute Gasteiger partial charge is 0.382 e. The first-order chi connectivity index (χ1) is 14.5. The number of sulfonamides is 1. The summed E-state index contributed by atoms with van der Waals surface area (Å²) in [5.74, 6) is -3.65. The summed E-state index contributed by atoms with van der Waals surface area (Å²) in [7, 11) is -4.60. The summed E-state index contributed by atoms with van der Waals surface area (Å²) in [6.07, 6.45) is 1.13. The van der Waals surface area contributed by atoms with Gasteiger partial charge < -0.3 is 9.88 Å². The molecular weight excluding hydrogens is 433 g/mol. The van der Waals surface area contributed by atoms with Gasteiger partial charge in [-0.15, -0.1) is 0 Å². The number of amides is 1.